The Morgan fingerprint density at radius 2 is 1.82 bits per heavy atom. The first-order chi connectivity index (χ1) is 7.80. The third kappa shape index (κ3) is 2.04. The highest BCUT2D eigenvalue weighted by molar-refractivity contribution is 5.85. The fourth-order valence-electron chi connectivity index (χ4n) is 1.99. The lowest BCUT2D eigenvalue weighted by atomic mass is 10.0. The van der Waals surface area contributed by atoms with Gasteiger partial charge in [-0.3, -0.25) is 0 Å². The van der Waals surface area contributed by atoms with Crippen molar-refractivity contribution in [3.05, 3.63) is 35.0 Å². The van der Waals surface area contributed by atoms with Crippen LogP contribution in [0.4, 0.5) is 13.2 Å². The van der Waals surface area contributed by atoms with E-state index >= 15 is 0 Å². The summed E-state index contributed by atoms with van der Waals surface area (Å²) in [5, 5.41) is 0.656. The minimum atomic E-state index is -4.32. The zero-order valence-corrected chi connectivity index (χ0v) is 9.94. The number of hydrogen-bond donors (Lipinski definition) is 1. The first-order valence-electron chi connectivity index (χ1n) is 5.50. The summed E-state index contributed by atoms with van der Waals surface area (Å²) in [4.78, 5) is 2.44. The topological polar surface area (TPSA) is 15.8 Å². The molecule has 2 aromatic rings. The molecular formula is C13H14F3N. The smallest absolute Gasteiger partial charge is 0.351 e. The van der Waals surface area contributed by atoms with Crippen LogP contribution in [0.15, 0.2) is 18.2 Å². The number of aromatic amines is 1. The summed E-state index contributed by atoms with van der Waals surface area (Å²) >= 11 is 0. The van der Waals surface area contributed by atoms with Crippen molar-refractivity contribution in [1.82, 2.24) is 4.98 Å². The van der Waals surface area contributed by atoms with Gasteiger partial charge in [0.05, 0.1) is 0 Å². The van der Waals surface area contributed by atoms with E-state index < -0.39 is 11.9 Å². The summed E-state index contributed by atoms with van der Waals surface area (Å²) in [7, 11) is 0. The van der Waals surface area contributed by atoms with Crippen LogP contribution in [-0.4, -0.2) is 4.98 Å². The maximum absolute atomic E-state index is 12.7. The Morgan fingerprint density at radius 1 is 1.18 bits per heavy atom. The molecule has 0 aliphatic carbocycles. The fourth-order valence-corrected chi connectivity index (χ4v) is 1.99. The van der Waals surface area contributed by atoms with Crippen molar-refractivity contribution < 1.29 is 13.2 Å². The van der Waals surface area contributed by atoms with Gasteiger partial charge < -0.3 is 4.98 Å². The number of benzene rings is 1. The molecule has 2 rings (SSSR count). The predicted octanol–water partition coefficient (Wildman–Crippen LogP) is 4.62. The molecule has 92 valence electrons. The average molecular weight is 241 g/mol. The Kier molecular flexibility index (Phi) is 2.68. The van der Waals surface area contributed by atoms with Crippen LogP contribution in [-0.2, 0) is 6.18 Å². The van der Waals surface area contributed by atoms with Gasteiger partial charge in [-0.05, 0) is 36.1 Å². The lowest BCUT2D eigenvalue weighted by Crippen LogP contribution is -2.06. The van der Waals surface area contributed by atoms with E-state index in [4.69, 9.17) is 0 Å². The molecule has 0 aliphatic rings. The second-order valence-electron chi connectivity index (χ2n) is 4.58. The highest BCUT2D eigenvalue weighted by Gasteiger charge is 2.35. The van der Waals surface area contributed by atoms with E-state index in [0.29, 0.717) is 16.8 Å². The van der Waals surface area contributed by atoms with Gasteiger partial charge in [-0.15, -0.1) is 0 Å². The molecule has 1 nitrogen and oxygen atoms in total. The predicted molar refractivity (Wildman–Crippen MR) is 62.1 cm³/mol. The first-order valence-corrected chi connectivity index (χ1v) is 5.50. The molecule has 1 aromatic heterocycles. The van der Waals surface area contributed by atoms with E-state index in [9.17, 15) is 13.2 Å². The number of nitrogens with one attached hydrogen (secondary N) is 1. The molecule has 0 saturated carbocycles. The van der Waals surface area contributed by atoms with Crippen LogP contribution in [0.3, 0.4) is 0 Å². The van der Waals surface area contributed by atoms with Crippen molar-refractivity contribution in [1.29, 1.82) is 0 Å². The van der Waals surface area contributed by atoms with Crippen LogP contribution in [0.5, 0.6) is 0 Å². The highest BCUT2D eigenvalue weighted by atomic mass is 19.4. The molecule has 0 aliphatic heterocycles. The Labute approximate surface area is 97.6 Å². The van der Waals surface area contributed by atoms with Crippen molar-refractivity contribution >= 4 is 10.9 Å². The molecule has 1 N–H and O–H groups in total. The molecule has 0 saturated heterocycles. The first kappa shape index (κ1) is 12.0. The maximum Gasteiger partial charge on any atom is 0.431 e. The minimum Gasteiger partial charge on any atom is -0.351 e. The Morgan fingerprint density at radius 3 is 2.35 bits per heavy atom. The number of fused-ring (bicyclic) bond motifs is 1. The molecule has 17 heavy (non-hydrogen) atoms. The molecule has 0 bridgehead atoms. The van der Waals surface area contributed by atoms with Crippen LogP contribution in [0.1, 0.15) is 36.6 Å². The van der Waals surface area contributed by atoms with Crippen molar-refractivity contribution in [3.8, 4) is 0 Å². The SMILES string of the molecule is Cc1c(C(F)(F)F)[nH]c2ccc(C(C)C)cc12. The number of halogens is 3. The lowest BCUT2D eigenvalue weighted by Gasteiger charge is -2.05. The summed E-state index contributed by atoms with van der Waals surface area (Å²) < 4.78 is 38.1. The second kappa shape index (κ2) is 3.79. The summed E-state index contributed by atoms with van der Waals surface area (Å²) in [6.07, 6.45) is -4.32. The van der Waals surface area contributed by atoms with E-state index in [-0.39, 0.29) is 5.56 Å². The largest absolute Gasteiger partial charge is 0.431 e. The lowest BCUT2D eigenvalue weighted by molar-refractivity contribution is -0.141. The monoisotopic (exact) mass is 241 g/mol. The van der Waals surface area contributed by atoms with Crippen LogP contribution >= 0.6 is 0 Å². The summed E-state index contributed by atoms with van der Waals surface area (Å²) in [6, 6.07) is 5.41. The summed E-state index contributed by atoms with van der Waals surface area (Å²) in [6.45, 7) is 5.55. The average Bonchev–Trinajstić information content (AvgIpc) is 2.55. The number of aryl methyl sites for hydroxylation is 1. The van der Waals surface area contributed by atoms with Gasteiger partial charge in [0.2, 0.25) is 0 Å². The fraction of sp³-hybridized carbons (Fsp3) is 0.385. The Balaban J connectivity index is 2.67. The van der Waals surface area contributed by atoms with Crippen LogP contribution < -0.4 is 0 Å². The van der Waals surface area contributed by atoms with Crippen LogP contribution in [0.2, 0.25) is 0 Å². The number of alkyl halides is 3. The molecule has 0 amide bonds. The van der Waals surface area contributed by atoms with E-state index in [0.717, 1.165) is 5.56 Å². The maximum atomic E-state index is 12.7. The third-order valence-corrected chi connectivity index (χ3v) is 3.03. The molecule has 1 heterocycles. The normalized spacial score (nSPS) is 12.6. The Hall–Kier alpha value is -1.45. The van der Waals surface area contributed by atoms with Crippen LogP contribution in [0.25, 0.3) is 10.9 Å². The van der Waals surface area contributed by atoms with E-state index in [1.807, 2.05) is 26.0 Å². The van der Waals surface area contributed by atoms with Crippen molar-refractivity contribution in [2.24, 2.45) is 0 Å². The zero-order chi connectivity index (χ0) is 12.8. The standard InChI is InChI=1S/C13H14F3N/c1-7(2)9-4-5-11-10(6-9)8(3)12(17-11)13(14,15)16/h4-7,17H,1-3H3. The molecule has 0 radical (unpaired) electrons. The number of aromatic nitrogens is 1. The van der Waals surface area contributed by atoms with Gasteiger partial charge in [0.15, 0.2) is 0 Å². The van der Waals surface area contributed by atoms with E-state index in [2.05, 4.69) is 4.98 Å². The van der Waals surface area contributed by atoms with Crippen molar-refractivity contribution in [2.45, 2.75) is 32.9 Å². The molecule has 1 aromatic carbocycles. The van der Waals surface area contributed by atoms with Crippen molar-refractivity contribution in [2.75, 3.05) is 0 Å². The third-order valence-electron chi connectivity index (χ3n) is 3.03. The van der Waals surface area contributed by atoms with Gasteiger partial charge >= 0.3 is 6.18 Å². The number of hydrogen-bond acceptors (Lipinski definition) is 0. The number of H-pyrrole nitrogens is 1. The summed E-state index contributed by atoms with van der Waals surface area (Å²) in [5.74, 6) is 0.308. The molecular weight excluding hydrogens is 227 g/mol. The second-order valence-corrected chi connectivity index (χ2v) is 4.58. The molecule has 0 atom stereocenters. The number of rotatable bonds is 1. The molecule has 0 unspecified atom stereocenters. The van der Waals surface area contributed by atoms with Gasteiger partial charge in [0.25, 0.3) is 0 Å². The Bertz CT molecular complexity index is 550. The zero-order valence-electron chi connectivity index (χ0n) is 9.94. The van der Waals surface area contributed by atoms with Gasteiger partial charge in [-0.2, -0.15) is 13.2 Å². The molecule has 0 fully saturated rings. The van der Waals surface area contributed by atoms with Gasteiger partial charge in [-0.1, -0.05) is 19.9 Å². The van der Waals surface area contributed by atoms with Gasteiger partial charge in [0.1, 0.15) is 5.69 Å². The minimum absolute atomic E-state index is 0.273. The van der Waals surface area contributed by atoms with Gasteiger partial charge in [-0.25, -0.2) is 0 Å². The quantitative estimate of drug-likeness (QED) is 0.749. The summed E-state index contributed by atoms with van der Waals surface area (Å²) in [5.41, 5.74) is 1.22. The molecule has 0 spiro atoms. The van der Waals surface area contributed by atoms with Crippen molar-refractivity contribution in [3.63, 3.8) is 0 Å². The highest BCUT2D eigenvalue weighted by Crippen LogP contribution is 2.35. The van der Waals surface area contributed by atoms with Crippen LogP contribution in [0, 0.1) is 6.92 Å². The molecule has 4 heteroatoms. The van der Waals surface area contributed by atoms with E-state index in [1.54, 1.807) is 6.07 Å². The van der Waals surface area contributed by atoms with E-state index in [1.165, 1.54) is 6.92 Å². The van der Waals surface area contributed by atoms with Gasteiger partial charge in [0, 0.05) is 10.9 Å².